The minimum atomic E-state index is -0.570. The van der Waals surface area contributed by atoms with E-state index < -0.39 is 11.9 Å². The van der Waals surface area contributed by atoms with Gasteiger partial charge in [-0.05, 0) is 12.5 Å². The van der Waals surface area contributed by atoms with Crippen molar-refractivity contribution in [3.8, 4) is 0 Å². The van der Waals surface area contributed by atoms with Gasteiger partial charge in [-0.1, -0.05) is 12.1 Å². The minimum Gasteiger partial charge on any atom is -0.319 e. The molecule has 2 aromatic rings. The van der Waals surface area contributed by atoms with Gasteiger partial charge < -0.3 is 5.73 Å². The van der Waals surface area contributed by atoms with Gasteiger partial charge in [0.05, 0.1) is 24.1 Å². The van der Waals surface area contributed by atoms with Crippen molar-refractivity contribution in [2.24, 2.45) is 5.73 Å². The Hall–Kier alpha value is -1.82. The van der Waals surface area contributed by atoms with E-state index in [0.717, 1.165) is 19.2 Å². The number of rotatable bonds is 4. The smallest absolute Gasteiger partial charge is 0.146 e. The topological polar surface area (TPSA) is 69.6 Å². The maximum absolute atomic E-state index is 13.6. The van der Waals surface area contributed by atoms with Crippen LogP contribution in [0.1, 0.15) is 30.6 Å². The maximum atomic E-state index is 13.6. The molecule has 5 nitrogen and oxygen atoms in total. The van der Waals surface area contributed by atoms with Crippen LogP contribution in [0.3, 0.4) is 0 Å². The number of pyridine rings is 1. The zero-order valence-electron chi connectivity index (χ0n) is 9.55. The predicted octanol–water partition coefficient (Wildman–Crippen LogP) is 1.27. The number of nitrogens with zero attached hydrogens (tertiary/aromatic N) is 4. The Morgan fingerprint density at radius 1 is 1.47 bits per heavy atom. The molecule has 0 radical (unpaired) electrons. The molecule has 0 aliphatic rings. The van der Waals surface area contributed by atoms with Crippen LogP contribution in [0.25, 0.3) is 0 Å². The number of hydrogen-bond donors (Lipinski definition) is 1. The lowest BCUT2D eigenvalue weighted by atomic mass is 10.1. The average Bonchev–Trinajstić information content (AvgIpc) is 2.78. The molecule has 0 amide bonds. The molecule has 6 heteroatoms. The summed E-state index contributed by atoms with van der Waals surface area (Å²) in [6.07, 6.45) is 5.16. The first kappa shape index (κ1) is 11.7. The number of aryl methyl sites for hydroxylation is 1. The number of hydrogen-bond acceptors (Lipinski definition) is 4. The summed E-state index contributed by atoms with van der Waals surface area (Å²) >= 11 is 0. The molecule has 2 N–H and O–H groups in total. The Labute approximate surface area is 98.5 Å². The molecule has 2 heterocycles. The van der Waals surface area contributed by atoms with Crippen molar-refractivity contribution in [2.45, 2.75) is 25.9 Å². The lowest BCUT2D eigenvalue weighted by molar-refractivity contribution is 0.532. The van der Waals surface area contributed by atoms with Gasteiger partial charge in [-0.3, -0.25) is 4.98 Å². The first-order chi connectivity index (χ1) is 8.24. The van der Waals surface area contributed by atoms with Crippen LogP contribution in [0.4, 0.5) is 4.39 Å². The summed E-state index contributed by atoms with van der Waals surface area (Å²) in [5, 5.41) is 7.74. The fraction of sp³-hybridized carbons (Fsp3) is 0.364. The van der Waals surface area contributed by atoms with E-state index in [4.69, 9.17) is 5.73 Å². The summed E-state index contributed by atoms with van der Waals surface area (Å²) in [4.78, 5) is 3.70. The van der Waals surface area contributed by atoms with Crippen molar-refractivity contribution in [3.63, 3.8) is 0 Å². The normalized spacial score (nSPS) is 12.6. The fourth-order valence-electron chi connectivity index (χ4n) is 1.69. The lowest BCUT2D eigenvalue weighted by Crippen LogP contribution is -2.18. The second kappa shape index (κ2) is 5.01. The average molecular weight is 235 g/mol. The zero-order chi connectivity index (χ0) is 12.3. The van der Waals surface area contributed by atoms with Crippen LogP contribution in [0.15, 0.2) is 24.7 Å². The molecule has 0 aromatic carbocycles. The van der Waals surface area contributed by atoms with E-state index in [-0.39, 0.29) is 0 Å². The summed E-state index contributed by atoms with van der Waals surface area (Å²) in [6.45, 7) is 2.75. The third-order valence-electron chi connectivity index (χ3n) is 2.54. The van der Waals surface area contributed by atoms with E-state index in [1.165, 1.54) is 6.20 Å². The van der Waals surface area contributed by atoms with Crippen molar-refractivity contribution in [2.75, 3.05) is 0 Å². The Bertz CT molecular complexity index is 496. The van der Waals surface area contributed by atoms with Gasteiger partial charge in [0.25, 0.3) is 0 Å². The van der Waals surface area contributed by atoms with Gasteiger partial charge in [0.1, 0.15) is 5.82 Å². The lowest BCUT2D eigenvalue weighted by Gasteiger charge is -2.13. The van der Waals surface area contributed by atoms with Crippen LogP contribution in [0.5, 0.6) is 0 Å². The third-order valence-corrected chi connectivity index (χ3v) is 2.54. The molecule has 0 saturated heterocycles. The van der Waals surface area contributed by atoms with Gasteiger partial charge in [-0.25, -0.2) is 9.07 Å². The van der Waals surface area contributed by atoms with Gasteiger partial charge in [0.2, 0.25) is 0 Å². The SMILES string of the molecule is CCCn1nncc1C(N)c1ccncc1F. The van der Waals surface area contributed by atoms with E-state index in [1.807, 2.05) is 6.92 Å². The molecule has 1 atom stereocenters. The molecule has 90 valence electrons. The number of nitrogens with two attached hydrogens (primary N) is 1. The monoisotopic (exact) mass is 235 g/mol. The molecule has 17 heavy (non-hydrogen) atoms. The molecule has 0 saturated carbocycles. The Morgan fingerprint density at radius 2 is 2.29 bits per heavy atom. The van der Waals surface area contributed by atoms with E-state index in [9.17, 15) is 4.39 Å². The Balaban J connectivity index is 2.34. The van der Waals surface area contributed by atoms with Gasteiger partial charge in [-0.15, -0.1) is 5.10 Å². The highest BCUT2D eigenvalue weighted by molar-refractivity contribution is 5.25. The van der Waals surface area contributed by atoms with E-state index in [1.54, 1.807) is 16.9 Å². The second-order valence-electron chi connectivity index (χ2n) is 3.76. The minimum absolute atomic E-state index is 0.402. The predicted molar refractivity (Wildman–Crippen MR) is 60.5 cm³/mol. The second-order valence-corrected chi connectivity index (χ2v) is 3.76. The molecule has 0 fully saturated rings. The summed E-state index contributed by atoms with van der Waals surface area (Å²) in [5.74, 6) is -0.413. The van der Waals surface area contributed by atoms with Crippen molar-refractivity contribution in [1.82, 2.24) is 20.0 Å². The summed E-state index contributed by atoms with van der Waals surface area (Å²) < 4.78 is 15.3. The van der Waals surface area contributed by atoms with E-state index in [0.29, 0.717) is 11.3 Å². The van der Waals surface area contributed by atoms with Crippen LogP contribution >= 0.6 is 0 Å². The van der Waals surface area contributed by atoms with Gasteiger partial charge in [0.15, 0.2) is 0 Å². The quantitative estimate of drug-likeness (QED) is 0.866. The summed E-state index contributed by atoms with van der Waals surface area (Å²) in [7, 11) is 0. The standard InChI is InChI=1S/C11H14FN5/c1-2-5-17-10(7-15-16-17)11(13)8-3-4-14-6-9(8)12/h3-4,6-7,11H,2,5,13H2,1H3. The third kappa shape index (κ3) is 2.31. The van der Waals surface area contributed by atoms with Crippen molar-refractivity contribution >= 4 is 0 Å². The summed E-state index contributed by atoms with van der Waals surface area (Å²) in [5.41, 5.74) is 7.13. The molecule has 0 spiro atoms. The Kier molecular flexibility index (Phi) is 3.43. The van der Waals surface area contributed by atoms with Gasteiger partial charge >= 0.3 is 0 Å². The van der Waals surface area contributed by atoms with Gasteiger partial charge in [-0.2, -0.15) is 0 Å². The first-order valence-electron chi connectivity index (χ1n) is 5.47. The number of halogens is 1. The van der Waals surface area contributed by atoms with E-state index >= 15 is 0 Å². The molecule has 0 aliphatic heterocycles. The van der Waals surface area contributed by atoms with Crippen LogP contribution in [0, 0.1) is 5.82 Å². The number of aromatic nitrogens is 4. The molecular weight excluding hydrogens is 221 g/mol. The van der Waals surface area contributed by atoms with Crippen LogP contribution in [-0.4, -0.2) is 20.0 Å². The molecule has 2 aromatic heterocycles. The molecule has 1 unspecified atom stereocenters. The van der Waals surface area contributed by atoms with Gasteiger partial charge in [0, 0.05) is 18.3 Å². The highest BCUT2D eigenvalue weighted by atomic mass is 19.1. The van der Waals surface area contributed by atoms with Crippen molar-refractivity contribution < 1.29 is 4.39 Å². The summed E-state index contributed by atoms with van der Waals surface area (Å²) in [6, 6.07) is 1.00. The van der Waals surface area contributed by atoms with Crippen molar-refractivity contribution in [3.05, 3.63) is 41.7 Å². The van der Waals surface area contributed by atoms with Crippen LogP contribution < -0.4 is 5.73 Å². The molecular formula is C11H14FN5. The highest BCUT2D eigenvalue weighted by Crippen LogP contribution is 2.20. The fourth-order valence-corrected chi connectivity index (χ4v) is 1.69. The Morgan fingerprint density at radius 3 is 3.00 bits per heavy atom. The van der Waals surface area contributed by atoms with Crippen LogP contribution in [-0.2, 0) is 6.54 Å². The van der Waals surface area contributed by atoms with Crippen LogP contribution in [0.2, 0.25) is 0 Å². The van der Waals surface area contributed by atoms with E-state index in [2.05, 4.69) is 15.3 Å². The molecule has 0 bridgehead atoms. The largest absolute Gasteiger partial charge is 0.319 e. The molecule has 0 aliphatic carbocycles. The maximum Gasteiger partial charge on any atom is 0.146 e. The molecule has 2 rings (SSSR count). The van der Waals surface area contributed by atoms with Crippen molar-refractivity contribution in [1.29, 1.82) is 0 Å². The highest BCUT2D eigenvalue weighted by Gasteiger charge is 2.17. The first-order valence-corrected chi connectivity index (χ1v) is 5.47. The zero-order valence-corrected chi connectivity index (χ0v) is 9.55.